The van der Waals surface area contributed by atoms with Gasteiger partial charge in [-0.3, -0.25) is 0 Å². The van der Waals surface area contributed by atoms with E-state index in [4.69, 9.17) is 5.26 Å². The number of allylic oxidation sites excluding steroid dienone is 4. The quantitative estimate of drug-likeness (QED) is 0.578. The molecule has 2 nitrogen and oxygen atoms in total. The maximum absolute atomic E-state index is 12.3. The van der Waals surface area contributed by atoms with Crippen molar-refractivity contribution in [3.05, 3.63) is 36.0 Å². The predicted molar refractivity (Wildman–Crippen MR) is 52.0 cm³/mol. The zero-order valence-electron chi connectivity index (χ0n) is 8.23. The molecule has 0 bridgehead atoms. The Morgan fingerprint density at radius 2 is 2.13 bits per heavy atom. The zero-order chi connectivity index (χ0) is 11.9. The molecule has 0 spiro atoms. The van der Waals surface area contributed by atoms with Crippen molar-refractivity contribution in [2.24, 2.45) is 0 Å². The number of hydrogen-bond donors (Lipinski definition) is 1. The Bertz CT molecular complexity index is 319. The SMILES string of the molecule is C=C/C(=C(C#N)\C=C/CNC)C(F)(F)F. The summed E-state index contributed by atoms with van der Waals surface area (Å²) in [5, 5.41) is 11.3. The molecule has 0 aliphatic heterocycles. The predicted octanol–water partition coefficient (Wildman–Crippen LogP) is 2.33. The molecule has 0 saturated heterocycles. The average molecular weight is 216 g/mol. The molecule has 0 amide bonds. The van der Waals surface area contributed by atoms with Gasteiger partial charge in [0.2, 0.25) is 0 Å². The first kappa shape index (κ1) is 13.5. The smallest absolute Gasteiger partial charge is 0.316 e. The molecule has 0 aromatic rings. The molecule has 0 rings (SSSR count). The van der Waals surface area contributed by atoms with Gasteiger partial charge in [-0.2, -0.15) is 18.4 Å². The number of halogens is 3. The van der Waals surface area contributed by atoms with Crippen LogP contribution in [0.25, 0.3) is 0 Å². The van der Waals surface area contributed by atoms with Crippen LogP contribution in [0.15, 0.2) is 36.0 Å². The number of nitriles is 1. The maximum atomic E-state index is 12.3. The van der Waals surface area contributed by atoms with Gasteiger partial charge in [0.15, 0.2) is 0 Å². The second-order valence-corrected chi connectivity index (χ2v) is 2.60. The first-order chi connectivity index (χ1) is 6.97. The van der Waals surface area contributed by atoms with E-state index in [-0.39, 0.29) is 0 Å². The second kappa shape index (κ2) is 6.04. The maximum Gasteiger partial charge on any atom is 0.417 e. The molecule has 0 radical (unpaired) electrons. The molecule has 0 aromatic heterocycles. The molecule has 0 aliphatic carbocycles. The normalized spacial score (nSPS) is 13.5. The van der Waals surface area contributed by atoms with Gasteiger partial charge >= 0.3 is 6.18 Å². The fraction of sp³-hybridized carbons (Fsp3) is 0.300. The summed E-state index contributed by atoms with van der Waals surface area (Å²) in [6, 6.07) is 1.49. The summed E-state index contributed by atoms with van der Waals surface area (Å²) in [6.45, 7) is 3.44. The Morgan fingerprint density at radius 1 is 1.53 bits per heavy atom. The monoisotopic (exact) mass is 216 g/mol. The van der Waals surface area contributed by atoms with Gasteiger partial charge in [-0.1, -0.05) is 18.7 Å². The van der Waals surface area contributed by atoms with E-state index in [1.54, 1.807) is 7.05 Å². The van der Waals surface area contributed by atoms with Gasteiger partial charge < -0.3 is 5.32 Å². The zero-order valence-corrected chi connectivity index (χ0v) is 8.23. The highest BCUT2D eigenvalue weighted by Gasteiger charge is 2.33. The lowest BCUT2D eigenvalue weighted by molar-refractivity contribution is -0.0885. The molecule has 1 N–H and O–H groups in total. The average Bonchev–Trinajstić information content (AvgIpc) is 2.14. The van der Waals surface area contributed by atoms with Crippen molar-refractivity contribution < 1.29 is 13.2 Å². The third kappa shape index (κ3) is 4.47. The Labute approximate surface area is 86.4 Å². The molecule has 0 aliphatic rings. The first-order valence-corrected chi connectivity index (χ1v) is 4.12. The molecule has 0 atom stereocenters. The number of nitrogens with one attached hydrogen (secondary N) is 1. The van der Waals surface area contributed by atoms with Crippen molar-refractivity contribution in [2.45, 2.75) is 6.18 Å². The Kier molecular flexibility index (Phi) is 5.42. The standard InChI is InChI=1S/C10H11F3N2/c1-3-9(10(11,12)13)8(7-14)5-4-6-15-2/h3-5,15H,1,6H2,2H3/b5-4-,9-8-. The third-order valence-corrected chi connectivity index (χ3v) is 1.53. The van der Waals surface area contributed by atoms with Gasteiger partial charge in [0, 0.05) is 6.54 Å². The second-order valence-electron chi connectivity index (χ2n) is 2.60. The number of hydrogen-bond acceptors (Lipinski definition) is 2. The van der Waals surface area contributed by atoms with Crippen LogP contribution in [0.1, 0.15) is 0 Å². The van der Waals surface area contributed by atoms with Crippen LogP contribution in [0.4, 0.5) is 13.2 Å². The van der Waals surface area contributed by atoms with Gasteiger partial charge in [-0.05, 0) is 13.1 Å². The number of alkyl halides is 3. The summed E-state index contributed by atoms with van der Waals surface area (Å²) in [5.74, 6) is 0. The first-order valence-electron chi connectivity index (χ1n) is 4.12. The van der Waals surface area contributed by atoms with Crippen LogP contribution < -0.4 is 5.32 Å². The van der Waals surface area contributed by atoms with E-state index in [1.807, 2.05) is 0 Å². The van der Waals surface area contributed by atoms with Crippen LogP contribution in [-0.4, -0.2) is 19.8 Å². The lowest BCUT2D eigenvalue weighted by atomic mass is 10.1. The van der Waals surface area contributed by atoms with E-state index in [9.17, 15) is 13.2 Å². The summed E-state index contributed by atoms with van der Waals surface area (Å²) in [6.07, 6.45) is -1.34. The molecule has 0 unspecified atom stereocenters. The van der Waals surface area contributed by atoms with Gasteiger partial charge in [0.25, 0.3) is 0 Å². The van der Waals surface area contributed by atoms with Crippen molar-refractivity contribution in [1.82, 2.24) is 5.32 Å². The van der Waals surface area contributed by atoms with Crippen LogP contribution in [-0.2, 0) is 0 Å². The molecule has 15 heavy (non-hydrogen) atoms. The summed E-state index contributed by atoms with van der Waals surface area (Å²) in [5.41, 5.74) is -1.45. The fourth-order valence-corrected chi connectivity index (χ4v) is 0.860. The van der Waals surface area contributed by atoms with Crippen molar-refractivity contribution >= 4 is 0 Å². The summed E-state index contributed by atoms with van der Waals surface area (Å²) in [4.78, 5) is 0. The van der Waals surface area contributed by atoms with E-state index in [1.165, 1.54) is 12.1 Å². The van der Waals surface area contributed by atoms with Crippen molar-refractivity contribution in [2.75, 3.05) is 13.6 Å². The van der Waals surface area contributed by atoms with Crippen LogP contribution in [0.5, 0.6) is 0 Å². The van der Waals surface area contributed by atoms with Gasteiger partial charge in [0.1, 0.15) is 0 Å². The van der Waals surface area contributed by atoms with Crippen LogP contribution in [0, 0.1) is 11.3 Å². The number of nitrogens with zero attached hydrogens (tertiary/aromatic N) is 1. The number of likely N-dealkylation sites (N-methyl/N-ethyl adjacent to an activating group) is 1. The largest absolute Gasteiger partial charge is 0.417 e. The molecule has 0 heterocycles. The van der Waals surface area contributed by atoms with E-state index in [0.717, 1.165) is 6.08 Å². The Hall–Kier alpha value is -1.54. The van der Waals surface area contributed by atoms with Crippen LogP contribution in [0.3, 0.4) is 0 Å². The van der Waals surface area contributed by atoms with E-state index in [2.05, 4.69) is 11.9 Å². The summed E-state index contributed by atoms with van der Waals surface area (Å²) in [7, 11) is 1.65. The Balaban J connectivity index is 5.12. The molecule has 5 heteroatoms. The lowest BCUT2D eigenvalue weighted by Crippen LogP contribution is -2.12. The minimum absolute atomic E-state index is 0.396. The topological polar surface area (TPSA) is 35.8 Å². The van der Waals surface area contributed by atoms with E-state index < -0.39 is 17.3 Å². The van der Waals surface area contributed by atoms with Gasteiger partial charge in [-0.15, -0.1) is 0 Å². The summed E-state index contributed by atoms with van der Waals surface area (Å²) < 4.78 is 37.0. The highest BCUT2D eigenvalue weighted by molar-refractivity contribution is 5.44. The summed E-state index contributed by atoms with van der Waals surface area (Å²) >= 11 is 0. The molecular weight excluding hydrogens is 205 g/mol. The fourth-order valence-electron chi connectivity index (χ4n) is 0.860. The molecule has 0 fully saturated rings. The third-order valence-electron chi connectivity index (χ3n) is 1.53. The van der Waals surface area contributed by atoms with Crippen LogP contribution in [0.2, 0.25) is 0 Å². The van der Waals surface area contributed by atoms with Crippen molar-refractivity contribution in [1.29, 1.82) is 5.26 Å². The molecule has 0 saturated carbocycles. The minimum atomic E-state index is -4.54. The van der Waals surface area contributed by atoms with E-state index >= 15 is 0 Å². The molecular formula is C10H11F3N2. The van der Waals surface area contributed by atoms with Gasteiger partial charge in [-0.25, -0.2) is 0 Å². The van der Waals surface area contributed by atoms with Crippen molar-refractivity contribution in [3.63, 3.8) is 0 Å². The van der Waals surface area contributed by atoms with Crippen LogP contribution >= 0.6 is 0 Å². The number of rotatable bonds is 4. The Morgan fingerprint density at radius 3 is 2.47 bits per heavy atom. The molecule has 0 aromatic carbocycles. The van der Waals surface area contributed by atoms with Crippen molar-refractivity contribution in [3.8, 4) is 6.07 Å². The van der Waals surface area contributed by atoms with Gasteiger partial charge in [0.05, 0.1) is 17.2 Å². The van der Waals surface area contributed by atoms with E-state index in [0.29, 0.717) is 12.6 Å². The lowest BCUT2D eigenvalue weighted by Gasteiger charge is -2.07. The minimum Gasteiger partial charge on any atom is -0.316 e. The molecule has 82 valence electrons. The highest BCUT2D eigenvalue weighted by atomic mass is 19.4. The highest BCUT2D eigenvalue weighted by Crippen LogP contribution is 2.29.